The molecular formula is C17H26N2O6. The van der Waals surface area contributed by atoms with Crippen LogP contribution in [0.3, 0.4) is 0 Å². The SMILES string of the molecule is COc1cccc(C(=O)N2CCOCC2CN(C)C)c1OC.O=CO. The number of likely N-dealkylation sites (N-methyl/N-ethyl adjacent to an activating group) is 1. The van der Waals surface area contributed by atoms with Crippen LogP contribution in [0.4, 0.5) is 0 Å². The Morgan fingerprint density at radius 3 is 2.64 bits per heavy atom. The molecule has 0 bridgehead atoms. The number of carboxylic acid groups (broad SMARTS) is 1. The van der Waals surface area contributed by atoms with E-state index in [1.165, 1.54) is 0 Å². The van der Waals surface area contributed by atoms with Crippen molar-refractivity contribution in [2.24, 2.45) is 0 Å². The molecule has 1 aromatic carbocycles. The van der Waals surface area contributed by atoms with Gasteiger partial charge in [0.15, 0.2) is 11.5 Å². The first kappa shape index (κ1) is 20.7. The van der Waals surface area contributed by atoms with E-state index in [0.717, 1.165) is 6.54 Å². The Labute approximate surface area is 147 Å². The van der Waals surface area contributed by atoms with Gasteiger partial charge in [-0.25, -0.2) is 0 Å². The van der Waals surface area contributed by atoms with Crippen molar-refractivity contribution in [3.63, 3.8) is 0 Å². The lowest BCUT2D eigenvalue weighted by atomic mass is 10.1. The molecule has 0 aliphatic carbocycles. The second kappa shape index (κ2) is 10.5. The first-order valence-corrected chi connectivity index (χ1v) is 7.82. The van der Waals surface area contributed by atoms with Gasteiger partial charge in [0.1, 0.15) is 0 Å². The summed E-state index contributed by atoms with van der Waals surface area (Å²) in [6, 6.07) is 5.39. The quantitative estimate of drug-likeness (QED) is 0.783. The summed E-state index contributed by atoms with van der Waals surface area (Å²) in [6.45, 7) is 2.20. The predicted molar refractivity (Wildman–Crippen MR) is 92.4 cm³/mol. The van der Waals surface area contributed by atoms with Crippen molar-refractivity contribution in [1.29, 1.82) is 0 Å². The number of hydrogen-bond donors (Lipinski definition) is 1. The second-order valence-corrected chi connectivity index (χ2v) is 5.64. The number of morpholine rings is 1. The highest BCUT2D eigenvalue weighted by Crippen LogP contribution is 2.32. The van der Waals surface area contributed by atoms with E-state index in [2.05, 4.69) is 4.90 Å². The van der Waals surface area contributed by atoms with Crippen LogP contribution in [0.5, 0.6) is 11.5 Å². The van der Waals surface area contributed by atoms with E-state index in [1.807, 2.05) is 19.0 Å². The Hall–Kier alpha value is -2.32. The maximum absolute atomic E-state index is 13.0. The van der Waals surface area contributed by atoms with Gasteiger partial charge in [0, 0.05) is 13.1 Å². The number of para-hydroxylation sites is 1. The molecule has 0 aromatic heterocycles. The van der Waals surface area contributed by atoms with E-state index in [9.17, 15) is 4.79 Å². The molecule has 1 aliphatic heterocycles. The van der Waals surface area contributed by atoms with Crippen LogP contribution < -0.4 is 9.47 Å². The van der Waals surface area contributed by atoms with Crippen molar-refractivity contribution < 1.29 is 28.9 Å². The van der Waals surface area contributed by atoms with Crippen LogP contribution in [0.1, 0.15) is 10.4 Å². The Morgan fingerprint density at radius 2 is 2.08 bits per heavy atom. The zero-order valence-corrected chi connectivity index (χ0v) is 15.1. The topological polar surface area (TPSA) is 88.5 Å². The van der Waals surface area contributed by atoms with Crippen LogP contribution in [0.25, 0.3) is 0 Å². The fourth-order valence-corrected chi connectivity index (χ4v) is 2.71. The minimum atomic E-state index is -0.250. The van der Waals surface area contributed by atoms with Gasteiger partial charge in [0.05, 0.1) is 39.0 Å². The van der Waals surface area contributed by atoms with Gasteiger partial charge in [-0.3, -0.25) is 9.59 Å². The van der Waals surface area contributed by atoms with Crippen molar-refractivity contribution in [2.75, 3.05) is 54.6 Å². The molecule has 25 heavy (non-hydrogen) atoms. The summed E-state index contributed by atoms with van der Waals surface area (Å²) in [5.41, 5.74) is 0.521. The van der Waals surface area contributed by atoms with Crippen molar-refractivity contribution in [3.8, 4) is 11.5 Å². The lowest BCUT2D eigenvalue weighted by molar-refractivity contribution is -0.122. The average molecular weight is 354 g/mol. The van der Waals surface area contributed by atoms with E-state index >= 15 is 0 Å². The molecule has 8 nitrogen and oxygen atoms in total. The number of amides is 1. The number of rotatable bonds is 5. The third-order valence-corrected chi connectivity index (χ3v) is 3.70. The van der Waals surface area contributed by atoms with Gasteiger partial charge < -0.3 is 29.1 Å². The molecule has 1 unspecified atom stereocenters. The first-order valence-electron chi connectivity index (χ1n) is 7.82. The van der Waals surface area contributed by atoms with Crippen LogP contribution in [0.15, 0.2) is 18.2 Å². The molecule has 0 spiro atoms. The zero-order valence-electron chi connectivity index (χ0n) is 15.1. The molecule has 2 rings (SSSR count). The van der Waals surface area contributed by atoms with Gasteiger partial charge in [0.2, 0.25) is 0 Å². The Balaban J connectivity index is 0.000000970. The minimum Gasteiger partial charge on any atom is -0.493 e. The fourth-order valence-electron chi connectivity index (χ4n) is 2.71. The standard InChI is InChI=1S/C16H24N2O4.CH2O2/c1-17(2)10-12-11-22-9-8-18(12)16(19)13-6-5-7-14(20-3)15(13)21-4;2-1-3/h5-7,12H,8-11H2,1-4H3;1H,(H,2,3). The third kappa shape index (κ3) is 5.61. The van der Waals surface area contributed by atoms with Crippen LogP contribution in [0, 0.1) is 0 Å². The van der Waals surface area contributed by atoms with E-state index in [-0.39, 0.29) is 18.4 Å². The lowest BCUT2D eigenvalue weighted by Gasteiger charge is -2.37. The van der Waals surface area contributed by atoms with Gasteiger partial charge in [-0.15, -0.1) is 0 Å². The van der Waals surface area contributed by atoms with E-state index in [4.69, 9.17) is 24.1 Å². The van der Waals surface area contributed by atoms with Crippen LogP contribution in [-0.4, -0.2) is 87.9 Å². The molecule has 1 N–H and O–H groups in total. The molecule has 1 aliphatic rings. The Kier molecular flexibility index (Phi) is 8.73. The highest BCUT2D eigenvalue weighted by atomic mass is 16.5. The van der Waals surface area contributed by atoms with Gasteiger partial charge in [-0.2, -0.15) is 0 Å². The number of carbonyl (C=O) groups excluding carboxylic acids is 1. The predicted octanol–water partition coefficient (Wildman–Crippen LogP) is 0.807. The average Bonchev–Trinajstić information content (AvgIpc) is 2.61. The molecule has 1 heterocycles. The van der Waals surface area contributed by atoms with Crippen molar-refractivity contribution in [3.05, 3.63) is 23.8 Å². The fraction of sp³-hybridized carbons (Fsp3) is 0.529. The van der Waals surface area contributed by atoms with Crippen molar-refractivity contribution in [2.45, 2.75) is 6.04 Å². The summed E-state index contributed by atoms with van der Waals surface area (Å²) in [7, 11) is 7.09. The summed E-state index contributed by atoms with van der Waals surface area (Å²) in [6.07, 6.45) is 0. The molecule has 0 radical (unpaired) electrons. The number of hydrogen-bond acceptors (Lipinski definition) is 6. The molecule has 140 valence electrons. The summed E-state index contributed by atoms with van der Waals surface area (Å²) in [5.74, 6) is 0.988. The molecule has 1 saturated heterocycles. The Morgan fingerprint density at radius 1 is 1.40 bits per heavy atom. The zero-order chi connectivity index (χ0) is 18.8. The van der Waals surface area contributed by atoms with Crippen LogP contribution in [0.2, 0.25) is 0 Å². The second-order valence-electron chi connectivity index (χ2n) is 5.64. The number of nitrogens with zero attached hydrogens (tertiary/aromatic N) is 2. The molecule has 1 aromatic rings. The van der Waals surface area contributed by atoms with Gasteiger partial charge >= 0.3 is 0 Å². The Bertz CT molecular complexity index is 564. The molecule has 1 atom stereocenters. The maximum Gasteiger partial charge on any atom is 0.290 e. The molecule has 1 amide bonds. The molecule has 8 heteroatoms. The molecule has 1 fully saturated rings. The maximum atomic E-state index is 13.0. The third-order valence-electron chi connectivity index (χ3n) is 3.70. The molecular weight excluding hydrogens is 328 g/mol. The van der Waals surface area contributed by atoms with Gasteiger partial charge in [-0.05, 0) is 26.2 Å². The van der Waals surface area contributed by atoms with E-state index in [1.54, 1.807) is 32.4 Å². The van der Waals surface area contributed by atoms with Crippen LogP contribution >= 0.6 is 0 Å². The van der Waals surface area contributed by atoms with Gasteiger partial charge in [0.25, 0.3) is 12.4 Å². The highest BCUT2D eigenvalue weighted by Gasteiger charge is 2.30. The number of benzene rings is 1. The number of ether oxygens (including phenoxy) is 3. The van der Waals surface area contributed by atoms with E-state index in [0.29, 0.717) is 36.8 Å². The number of carbonyl (C=O) groups is 2. The smallest absolute Gasteiger partial charge is 0.290 e. The minimum absolute atomic E-state index is 0.0344. The first-order chi connectivity index (χ1) is 12.0. The monoisotopic (exact) mass is 354 g/mol. The summed E-state index contributed by atoms with van der Waals surface area (Å²) in [4.78, 5) is 25.2. The normalized spacial score (nSPS) is 16.7. The lowest BCUT2D eigenvalue weighted by Crippen LogP contribution is -2.52. The largest absolute Gasteiger partial charge is 0.493 e. The van der Waals surface area contributed by atoms with Gasteiger partial charge in [-0.1, -0.05) is 6.07 Å². The summed E-state index contributed by atoms with van der Waals surface area (Å²) >= 11 is 0. The summed E-state index contributed by atoms with van der Waals surface area (Å²) in [5, 5.41) is 6.89. The summed E-state index contributed by atoms with van der Waals surface area (Å²) < 4.78 is 16.2. The van der Waals surface area contributed by atoms with Crippen LogP contribution in [-0.2, 0) is 9.53 Å². The number of methoxy groups -OCH3 is 2. The van der Waals surface area contributed by atoms with Crippen molar-refractivity contribution in [1.82, 2.24) is 9.80 Å². The highest BCUT2D eigenvalue weighted by molar-refractivity contribution is 5.98. The van der Waals surface area contributed by atoms with E-state index < -0.39 is 0 Å². The molecule has 0 saturated carbocycles. The van der Waals surface area contributed by atoms with Crippen molar-refractivity contribution >= 4 is 12.4 Å².